The number of carbonyl (C=O) groups is 1. The van der Waals surface area contributed by atoms with Crippen molar-refractivity contribution in [3.05, 3.63) is 29.3 Å². The number of fused-ring (bicyclic) bond motifs is 1. The second-order valence-corrected chi connectivity index (χ2v) is 11.1. The minimum absolute atomic E-state index is 0.196. The predicted octanol–water partition coefficient (Wildman–Crippen LogP) is 3.03. The second-order valence-electron chi connectivity index (χ2n) is 9.96. The Morgan fingerprint density at radius 2 is 1.86 bits per heavy atom. The Kier molecular flexibility index (Phi) is 4.71. The Morgan fingerprint density at radius 1 is 1.21 bits per heavy atom. The molecule has 4 bridgehead atoms. The van der Waals surface area contributed by atoms with Crippen LogP contribution in [0.5, 0.6) is 0 Å². The van der Waals surface area contributed by atoms with Crippen molar-refractivity contribution in [2.75, 3.05) is 13.6 Å². The third kappa shape index (κ3) is 3.48. The van der Waals surface area contributed by atoms with E-state index in [1.807, 2.05) is 6.07 Å². The number of hydrogen-bond acceptors (Lipinski definition) is 3. The number of rotatable bonds is 6. The lowest BCUT2D eigenvalue weighted by Crippen LogP contribution is -3.09. The fourth-order valence-corrected chi connectivity index (χ4v) is 7.83. The lowest BCUT2D eigenvalue weighted by atomic mass is 9.48. The molecule has 0 spiro atoms. The summed E-state index contributed by atoms with van der Waals surface area (Å²) < 4.78 is 1.23. The first-order chi connectivity index (χ1) is 13.5. The topological polar surface area (TPSA) is 46.4 Å². The number of nitrogens with zero attached hydrogens (tertiary/aromatic N) is 1. The maximum absolute atomic E-state index is 12.8. The fourth-order valence-electron chi connectivity index (χ4n) is 6.74. The summed E-state index contributed by atoms with van der Waals surface area (Å²) in [5, 5.41) is 4.52. The van der Waals surface area contributed by atoms with E-state index in [4.69, 9.17) is 4.98 Å². The summed E-state index contributed by atoms with van der Waals surface area (Å²) in [6.07, 6.45) is 8.39. The van der Waals surface area contributed by atoms with E-state index in [1.165, 1.54) is 48.1 Å². The molecule has 1 aromatic heterocycles. The van der Waals surface area contributed by atoms with Gasteiger partial charge in [-0.15, -0.1) is 11.3 Å². The van der Waals surface area contributed by atoms with Crippen LogP contribution in [0.3, 0.4) is 0 Å². The van der Waals surface area contributed by atoms with Crippen molar-refractivity contribution in [3.63, 3.8) is 0 Å². The molecule has 4 nitrogen and oxygen atoms in total. The van der Waals surface area contributed by atoms with Crippen LogP contribution < -0.4 is 10.2 Å². The van der Waals surface area contributed by atoms with Gasteiger partial charge in [-0.3, -0.25) is 4.79 Å². The maximum Gasteiger partial charge on any atom is 0.275 e. The van der Waals surface area contributed by atoms with Gasteiger partial charge in [0.15, 0.2) is 6.54 Å². The second kappa shape index (κ2) is 7.10. The van der Waals surface area contributed by atoms with E-state index >= 15 is 0 Å². The molecule has 2 aromatic rings. The van der Waals surface area contributed by atoms with Crippen LogP contribution in [-0.4, -0.2) is 30.5 Å². The zero-order valence-corrected chi connectivity index (χ0v) is 17.9. The first-order valence-corrected chi connectivity index (χ1v) is 11.8. The van der Waals surface area contributed by atoms with Gasteiger partial charge in [0, 0.05) is 6.04 Å². The molecule has 1 amide bonds. The first kappa shape index (κ1) is 18.6. The summed E-state index contributed by atoms with van der Waals surface area (Å²) in [4.78, 5) is 18.7. The van der Waals surface area contributed by atoms with Gasteiger partial charge in [0.25, 0.3) is 5.91 Å². The molecule has 0 saturated heterocycles. The molecule has 1 heterocycles. The van der Waals surface area contributed by atoms with Crippen LogP contribution in [0.15, 0.2) is 24.3 Å². The van der Waals surface area contributed by atoms with Crippen molar-refractivity contribution in [3.8, 4) is 0 Å². The van der Waals surface area contributed by atoms with Gasteiger partial charge in [0.05, 0.1) is 17.3 Å². The van der Waals surface area contributed by atoms with Gasteiger partial charge in [-0.2, -0.15) is 0 Å². The molecule has 4 saturated carbocycles. The molecule has 0 radical (unpaired) electrons. The summed E-state index contributed by atoms with van der Waals surface area (Å²) in [5.74, 6) is 2.98. The van der Waals surface area contributed by atoms with Crippen LogP contribution in [0.25, 0.3) is 10.2 Å². The molecule has 5 heteroatoms. The van der Waals surface area contributed by atoms with Crippen LogP contribution in [-0.2, 0) is 11.3 Å². The third-order valence-corrected chi connectivity index (χ3v) is 8.67. The van der Waals surface area contributed by atoms with Gasteiger partial charge < -0.3 is 10.2 Å². The normalized spacial score (nSPS) is 33.1. The largest absolute Gasteiger partial charge is 0.348 e. The number of carbonyl (C=O) groups excluding carboxylic acids is 1. The average molecular weight is 399 g/mol. The number of aromatic nitrogens is 1. The predicted molar refractivity (Wildman–Crippen MR) is 113 cm³/mol. The molecule has 28 heavy (non-hydrogen) atoms. The molecule has 150 valence electrons. The van der Waals surface area contributed by atoms with Crippen LogP contribution in [0.2, 0.25) is 0 Å². The molecule has 6 rings (SSSR count). The Hall–Kier alpha value is -1.46. The van der Waals surface area contributed by atoms with E-state index in [2.05, 4.69) is 37.5 Å². The molecule has 1 unspecified atom stereocenters. The minimum Gasteiger partial charge on any atom is -0.348 e. The van der Waals surface area contributed by atoms with Gasteiger partial charge in [-0.05, 0) is 80.8 Å². The molecule has 4 fully saturated rings. The lowest BCUT2D eigenvalue weighted by molar-refractivity contribution is -0.885. The number of quaternary nitrogens is 1. The number of thiazole rings is 1. The van der Waals surface area contributed by atoms with Gasteiger partial charge in [-0.25, -0.2) is 4.98 Å². The average Bonchev–Trinajstić information content (AvgIpc) is 3.02. The van der Waals surface area contributed by atoms with E-state index in [1.54, 1.807) is 11.3 Å². The van der Waals surface area contributed by atoms with Crippen molar-refractivity contribution < 1.29 is 9.69 Å². The van der Waals surface area contributed by atoms with Crippen LogP contribution >= 0.6 is 11.3 Å². The monoisotopic (exact) mass is 398 g/mol. The third-order valence-electron chi connectivity index (χ3n) is 7.64. The molecule has 4 aliphatic rings. The van der Waals surface area contributed by atoms with E-state index < -0.39 is 0 Å². The smallest absolute Gasteiger partial charge is 0.275 e. The van der Waals surface area contributed by atoms with Crippen molar-refractivity contribution in [2.45, 2.75) is 58.0 Å². The summed E-state index contributed by atoms with van der Waals surface area (Å²) in [6.45, 7) is 3.60. The number of benzene rings is 1. The Bertz CT molecular complexity index is 807. The van der Waals surface area contributed by atoms with Gasteiger partial charge in [-0.1, -0.05) is 12.1 Å². The van der Waals surface area contributed by atoms with Crippen LogP contribution in [0, 0.1) is 23.2 Å². The highest BCUT2D eigenvalue weighted by molar-refractivity contribution is 7.18. The standard InChI is InChI=1S/C23H31N3OS/c1-15(23-10-16-7-17(11-23)9-18(8-16)12-23)24-21(27)13-26(2)14-22-25-19-5-3-4-6-20(19)28-22/h3-6,15-18H,7-14H2,1-2H3,(H,24,27)/p+1/t15-,16?,17?,18?,23?/m0/s1. The maximum atomic E-state index is 12.8. The lowest BCUT2D eigenvalue weighted by Gasteiger charge is -2.59. The quantitative estimate of drug-likeness (QED) is 0.786. The first-order valence-electron chi connectivity index (χ1n) is 10.9. The molecular weight excluding hydrogens is 366 g/mol. The summed E-state index contributed by atoms with van der Waals surface area (Å²) >= 11 is 1.74. The summed E-state index contributed by atoms with van der Waals surface area (Å²) in [6, 6.07) is 8.57. The van der Waals surface area contributed by atoms with Crippen molar-refractivity contribution in [1.29, 1.82) is 0 Å². The molecule has 2 atom stereocenters. The summed E-state index contributed by atoms with van der Waals surface area (Å²) in [5.41, 5.74) is 1.45. The fraction of sp³-hybridized carbons (Fsp3) is 0.652. The van der Waals surface area contributed by atoms with Gasteiger partial charge >= 0.3 is 0 Å². The zero-order chi connectivity index (χ0) is 19.3. The van der Waals surface area contributed by atoms with Crippen molar-refractivity contribution >= 4 is 27.5 Å². The zero-order valence-electron chi connectivity index (χ0n) is 17.0. The SMILES string of the molecule is C[C@H](NC(=O)C[NH+](C)Cc1nc2ccccc2s1)C12CC3CC(CC(C3)C1)C2. The highest BCUT2D eigenvalue weighted by Crippen LogP contribution is 2.61. The molecular formula is C23H32N3OS+. The van der Waals surface area contributed by atoms with Crippen LogP contribution in [0.1, 0.15) is 50.5 Å². The van der Waals surface area contributed by atoms with E-state index in [-0.39, 0.29) is 5.91 Å². The van der Waals surface area contributed by atoms with Gasteiger partial charge in [0.2, 0.25) is 0 Å². The number of amides is 1. The van der Waals surface area contributed by atoms with E-state index in [0.29, 0.717) is 18.0 Å². The Labute approximate surface area is 171 Å². The van der Waals surface area contributed by atoms with E-state index in [9.17, 15) is 4.79 Å². The highest BCUT2D eigenvalue weighted by atomic mass is 32.1. The number of nitrogens with one attached hydrogen (secondary N) is 2. The highest BCUT2D eigenvalue weighted by Gasteiger charge is 2.53. The number of hydrogen-bond donors (Lipinski definition) is 2. The Balaban J connectivity index is 1.18. The molecule has 4 aliphatic carbocycles. The molecule has 0 aliphatic heterocycles. The van der Waals surface area contributed by atoms with Crippen molar-refractivity contribution in [1.82, 2.24) is 10.3 Å². The number of likely N-dealkylation sites (N-methyl/N-ethyl adjacent to an activating group) is 1. The van der Waals surface area contributed by atoms with E-state index in [0.717, 1.165) is 34.8 Å². The summed E-state index contributed by atoms with van der Waals surface area (Å²) in [7, 11) is 2.10. The molecule has 1 aromatic carbocycles. The van der Waals surface area contributed by atoms with Crippen LogP contribution in [0.4, 0.5) is 0 Å². The van der Waals surface area contributed by atoms with Crippen molar-refractivity contribution in [2.24, 2.45) is 23.2 Å². The number of para-hydroxylation sites is 1. The molecule has 2 N–H and O–H groups in total. The Morgan fingerprint density at radius 3 is 2.50 bits per heavy atom. The van der Waals surface area contributed by atoms with Gasteiger partial charge in [0.1, 0.15) is 11.6 Å². The minimum atomic E-state index is 0.196.